The Balaban J connectivity index is 1.94. The second-order valence-electron chi connectivity index (χ2n) is 4.23. The molecule has 2 atom stereocenters. The molecule has 1 saturated heterocycles. The normalized spacial score (nSPS) is 22.6. The van der Waals surface area contributed by atoms with Gasteiger partial charge in [-0.3, -0.25) is 0 Å². The Morgan fingerprint density at radius 1 is 1.59 bits per heavy atom. The van der Waals surface area contributed by atoms with Crippen LogP contribution in [0.1, 0.15) is 48.7 Å². The topological polar surface area (TPSA) is 64.9 Å². The monoisotopic (exact) mass is 273 g/mol. The molecule has 0 spiro atoms. The Morgan fingerprint density at radius 3 is 3.18 bits per heavy atom. The van der Waals surface area contributed by atoms with Crippen LogP contribution in [0.2, 0.25) is 0 Å². The molecule has 1 aliphatic rings. The number of rotatable bonds is 5. The van der Waals surface area contributed by atoms with E-state index in [0.29, 0.717) is 11.1 Å². The van der Waals surface area contributed by atoms with E-state index in [9.17, 15) is 0 Å². The largest absolute Gasteiger partial charge is 0.338 e. The lowest BCUT2D eigenvalue weighted by Crippen LogP contribution is -2.12. The summed E-state index contributed by atoms with van der Waals surface area (Å²) in [5, 5.41) is 4.49. The van der Waals surface area contributed by atoms with Gasteiger partial charge in [0.2, 0.25) is 5.89 Å². The van der Waals surface area contributed by atoms with Crippen molar-refractivity contribution in [1.29, 1.82) is 0 Å². The van der Waals surface area contributed by atoms with Crippen molar-refractivity contribution in [2.75, 3.05) is 17.8 Å². The quantitative estimate of drug-likeness (QED) is 0.890. The third kappa shape index (κ3) is 3.63. The van der Waals surface area contributed by atoms with Crippen LogP contribution < -0.4 is 5.73 Å². The van der Waals surface area contributed by atoms with E-state index in [0.717, 1.165) is 24.4 Å². The summed E-state index contributed by atoms with van der Waals surface area (Å²) in [6.07, 6.45) is 6.69. The molecule has 2 heterocycles. The third-order valence-corrected chi connectivity index (χ3v) is 4.89. The van der Waals surface area contributed by atoms with Crippen LogP contribution in [0.15, 0.2) is 4.52 Å². The predicted molar refractivity (Wildman–Crippen MR) is 73.3 cm³/mol. The highest BCUT2D eigenvalue weighted by molar-refractivity contribution is 7.99. The average Bonchev–Trinajstić information content (AvgIpc) is 2.86. The van der Waals surface area contributed by atoms with Crippen LogP contribution in [0.3, 0.4) is 0 Å². The molecule has 6 heteroatoms. The first kappa shape index (κ1) is 13.2. The van der Waals surface area contributed by atoms with Crippen LogP contribution in [0, 0.1) is 0 Å². The number of hydrogen-bond acceptors (Lipinski definition) is 6. The Morgan fingerprint density at radius 2 is 2.47 bits per heavy atom. The molecule has 17 heavy (non-hydrogen) atoms. The van der Waals surface area contributed by atoms with E-state index in [-0.39, 0.29) is 6.04 Å². The molecule has 2 N–H and O–H groups in total. The minimum absolute atomic E-state index is 0.114. The zero-order valence-electron chi connectivity index (χ0n) is 10.1. The van der Waals surface area contributed by atoms with Crippen LogP contribution in [0.5, 0.6) is 0 Å². The third-order valence-electron chi connectivity index (χ3n) is 2.88. The molecular formula is C11H19N3OS2. The number of aromatic nitrogens is 2. The van der Waals surface area contributed by atoms with E-state index < -0.39 is 0 Å². The second kappa shape index (κ2) is 6.66. The lowest BCUT2D eigenvalue weighted by atomic mass is 10.2. The number of nitrogens with zero attached hydrogens (tertiary/aromatic N) is 2. The molecule has 2 rings (SSSR count). The summed E-state index contributed by atoms with van der Waals surface area (Å²) in [4.78, 5) is 4.45. The van der Waals surface area contributed by atoms with Crippen LogP contribution in [-0.2, 0) is 0 Å². The summed E-state index contributed by atoms with van der Waals surface area (Å²) in [5.41, 5.74) is 6.01. The average molecular weight is 273 g/mol. The highest BCUT2D eigenvalue weighted by atomic mass is 32.2. The summed E-state index contributed by atoms with van der Waals surface area (Å²) in [7, 11) is 0. The Labute approximate surface area is 110 Å². The molecule has 0 aromatic carbocycles. The van der Waals surface area contributed by atoms with E-state index in [1.54, 1.807) is 11.8 Å². The van der Waals surface area contributed by atoms with Crippen molar-refractivity contribution in [1.82, 2.24) is 10.1 Å². The highest BCUT2D eigenvalue weighted by Gasteiger charge is 2.23. The van der Waals surface area contributed by atoms with E-state index >= 15 is 0 Å². The van der Waals surface area contributed by atoms with Gasteiger partial charge < -0.3 is 10.3 Å². The standard InChI is InChI=1S/C11H19N3OS2/c1-16-7-5-8(12)11-13-10(14-15-11)9-4-2-3-6-17-9/h8-9H,2-7,12H2,1H3/t8-,9?/m1/s1. The zero-order valence-corrected chi connectivity index (χ0v) is 11.7. The van der Waals surface area contributed by atoms with Crippen LogP contribution >= 0.6 is 23.5 Å². The van der Waals surface area contributed by atoms with Crippen molar-refractivity contribution < 1.29 is 4.52 Å². The molecule has 0 saturated carbocycles. The first-order chi connectivity index (χ1) is 8.31. The SMILES string of the molecule is CSCC[C@@H](N)c1nc(C2CCCCS2)no1. The molecule has 0 radical (unpaired) electrons. The summed E-state index contributed by atoms with van der Waals surface area (Å²) in [5.74, 6) is 3.66. The second-order valence-corrected chi connectivity index (χ2v) is 6.53. The molecular weight excluding hydrogens is 254 g/mol. The summed E-state index contributed by atoms with van der Waals surface area (Å²) in [6, 6.07) is -0.114. The van der Waals surface area contributed by atoms with Gasteiger partial charge >= 0.3 is 0 Å². The zero-order chi connectivity index (χ0) is 12.1. The fraction of sp³-hybridized carbons (Fsp3) is 0.818. The van der Waals surface area contributed by atoms with Crippen molar-refractivity contribution >= 4 is 23.5 Å². The summed E-state index contributed by atoms with van der Waals surface area (Å²) in [6.45, 7) is 0. The first-order valence-electron chi connectivity index (χ1n) is 6.01. The van der Waals surface area contributed by atoms with E-state index in [1.807, 2.05) is 11.8 Å². The molecule has 1 aromatic rings. The van der Waals surface area contributed by atoms with Crippen LogP contribution in [0.25, 0.3) is 0 Å². The maximum atomic E-state index is 6.01. The van der Waals surface area contributed by atoms with Gasteiger partial charge in [0.25, 0.3) is 0 Å². The van der Waals surface area contributed by atoms with Crippen LogP contribution in [0.4, 0.5) is 0 Å². The number of thioether (sulfide) groups is 2. The lowest BCUT2D eigenvalue weighted by Gasteiger charge is -2.17. The molecule has 96 valence electrons. The minimum atomic E-state index is -0.114. The van der Waals surface area contributed by atoms with Crippen molar-refractivity contribution in [3.05, 3.63) is 11.7 Å². The van der Waals surface area contributed by atoms with Crippen molar-refractivity contribution in [3.8, 4) is 0 Å². The molecule has 0 amide bonds. The molecule has 1 aliphatic heterocycles. The van der Waals surface area contributed by atoms with E-state index in [1.165, 1.54) is 18.6 Å². The van der Waals surface area contributed by atoms with Gasteiger partial charge in [-0.15, -0.1) is 0 Å². The maximum Gasteiger partial charge on any atom is 0.243 e. The van der Waals surface area contributed by atoms with Crippen LogP contribution in [-0.4, -0.2) is 27.9 Å². The molecule has 1 fully saturated rings. The van der Waals surface area contributed by atoms with Crippen molar-refractivity contribution in [2.24, 2.45) is 5.73 Å². The molecule has 0 bridgehead atoms. The summed E-state index contributed by atoms with van der Waals surface area (Å²) >= 11 is 3.71. The molecule has 0 aliphatic carbocycles. The van der Waals surface area contributed by atoms with Gasteiger partial charge in [-0.2, -0.15) is 28.5 Å². The van der Waals surface area contributed by atoms with E-state index in [4.69, 9.17) is 10.3 Å². The van der Waals surface area contributed by atoms with Crippen molar-refractivity contribution in [3.63, 3.8) is 0 Å². The number of hydrogen-bond donors (Lipinski definition) is 1. The van der Waals surface area contributed by atoms with Gasteiger partial charge in [-0.25, -0.2) is 0 Å². The lowest BCUT2D eigenvalue weighted by molar-refractivity contribution is 0.348. The van der Waals surface area contributed by atoms with Gasteiger partial charge in [0.1, 0.15) is 0 Å². The Hall–Kier alpha value is -0.200. The minimum Gasteiger partial charge on any atom is -0.338 e. The van der Waals surface area contributed by atoms with Gasteiger partial charge in [-0.1, -0.05) is 11.6 Å². The fourth-order valence-electron chi connectivity index (χ4n) is 1.84. The maximum absolute atomic E-state index is 6.01. The smallest absolute Gasteiger partial charge is 0.243 e. The predicted octanol–water partition coefficient (Wildman–Crippen LogP) is 2.78. The fourth-order valence-corrected chi connectivity index (χ4v) is 3.56. The van der Waals surface area contributed by atoms with Gasteiger partial charge in [0.15, 0.2) is 5.82 Å². The van der Waals surface area contributed by atoms with Crippen molar-refractivity contribution in [2.45, 2.75) is 37.0 Å². The van der Waals surface area contributed by atoms with E-state index in [2.05, 4.69) is 16.4 Å². The van der Waals surface area contributed by atoms with Gasteiger partial charge in [0.05, 0.1) is 11.3 Å². The van der Waals surface area contributed by atoms with Gasteiger partial charge in [-0.05, 0) is 37.0 Å². The molecule has 4 nitrogen and oxygen atoms in total. The molecule has 1 aromatic heterocycles. The first-order valence-corrected chi connectivity index (χ1v) is 8.45. The van der Waals surface area contributed by atoms with Gasteiger partial charge in [0, 0.05) is 0 Å². The Kier molecular flexibility index (Phi) is 5.18. The number of nitrogens with two attached hydrogens (primary N) is 1. The molecule has 1 unspecified atom stereocenters. The highest BCUT2D eigenvalue weighted by Crippen LogP contribution is 2.36. The Bertz CT molecular complexity index is 339. The summed E-state index contributed by atoms with van der Waals surface area (Å²) < 4.78 is 5.27.